The molecule has 1 rings (SSSR count). The first-order chi connectivity index (χ1) is 12.8. The Morgan fingerprint density at radius 2 is 1.07 bits per heavy atom. The molecule has 1 atom stereocenters. The van der Waals surface area contributed by atoms with E-state index < -0.39 is 0 Å². The van der Waals surface area contributed by atoms with Gasteiger partial charge in [0.05, 0.1) is 0 Å². The molecule has 0 saturated carbocycles. The van der Waals surface area contributed by atoms with Crippen LogP contribution in [0.15, 0.2) is 30.3 Å². The second kappa shape index (κ2) is 18.8. The molecule has 0 aliphatic carbocycles. The highest BCUT2D eigenvalue weighted by Crippen LogP contribution is 2.26. The maximum absolute atomic E-state index is 2.62. The summed E-state index contributed by atoms with van der Waals surface area (Å²) in [7, 11) is 0. The Labute approximate surface area is 176 Å². The highest BCUT2D eigenvalue weighted by Gasteiger charge is 2.16. The van der Waals surface area contributed by atoms with Gasteiger partial charge in [-0.05, 0) is 25.1 Å². The molecule has 0 bridgehead atoms. The molecule has 1 unspecified atom stereocenters. The minimum Gasteiger partial charge on any atom is -0.297 e. The Kier molecular flexibility index (Phi) is 18.4. The molecule has 158 valence electrons. The van der Waals surface area contributed by atoms with Crippen molar-refractivity contribution >= 4 is 12.4 Å². The number of hydrogen-bond donors (Lipinski definition) is 0. The first-order valence-corrected chi connectivity index (χ1v) is 11.6. The van der Waals surface area contributed by atoms with Crippen LogP contribution in [0.5, 0.6) is 0 Å². The Balaban J connectivity index is 0.00000676. The van der Waals surface area contributed by atoms with Crippen molar-refractivity contribution in [2.45, 2.75) is 110 Å². The normalized spacial score (nSPS) is 12.1. The van der Waals surface area contributed by atoms with E-state index in [1.54, 1.807) is 0 Å². The number of rotatable bonds is 17. The Morgan fingerprint density at radius 3 is 1.52 bits per heavy atom. The molecule has 27 heavy (non-hydrogen) atoms. The maximum Gasteiger partial charge on any atom is 0.0347 e. The average molecular weight is 396 g/mol. The first kappa shape index (κ1) is 26.5. The number of nitrogens with zero attached hydrogens (tertiary/aromatic N) is 1. The molecule has 1 nitrogen and oxygen atoms in total. The van der Waals surface area contributed by atoms with Crippen molar-refractivity contribution in [3.63, 3.8) is 0 Å². The lowest BCUT2D eigenvalue weighted by molar-refractivity contribution is 0.204. The molecular weight excluding hydrogens is 350 g/mol. The predicted octanol–water partition coefficient (Wildman–Crippen LogP) is 8.58. The van der Waals surface area contributed by atoms with E-state index in [0.717, 1.165) is 13.1 Å². The molecule has 0 aromatic heterocycles. The average Bonchev–Trinajstić information content (AvgIpc) is 2.68. The van der Waals surface area contributed by atoms with Crippen LogP contribution in [0.1, 0.15) is 116 Å². The van der Waals surface area contributed by atoms with Gasteiger partial charge in [0.2, 0.25) is 0 Å². The quantitative estimate of drug-likeness (QED) is 0.238. The van der Waals surface area contributed by atoms with E-state index in [2.05, 4.69) is 56.0 Å². The van der Waals surface area contributed by atoms with Crippen LogP contribution in [-0.2, 0) is 0 Å². The van der Waals surface area contributed by atoms with Crippen LogP contribution in [-0.4, -0.2) is 18.0 Å². The van der Waals surface area contributed by atoms with Gasteiger partial charge < -0.3 is 0 Å². The van der Waals surface area contributed by atoms with E-state index in [1.165, 1.54) is 89.0 Å². The lowest BCUT2D eigenvalue weighted by Crippen LogP contribution is -2.28. The Bertz CT molecular complexity index is 402. The van der Waals surface area contributed by atoms with Crippen LogP contribution in [0.3, 0.4) is 0 Å². The zero-order valence-electron chi connectivity index (χ0n) is 18.4. The third-order valence-corrected chi connectivity index (χ3v) is 5.77. The van der Waals surface area contributed by atoms with Gasteiger partial charge in [-0.15, -0.1) is 12.4 Å². The smallest absolute Gasteiger partial charge is 0.0347 e. The van der Waals surface area contributed by atoms with Crippen molar-refractivity contribution < 1.29 is 0 Å². The second-order valence-corrected chi connectivity index (χ2v) is 7.83. The van der Waals surface area contributed by atoms with Crippen LogP contribution < -0.4 is 0 Å². The summed E-state index contributed by atoms with van der Waals surface area (Å²) < 4.78 is 0. The summed E-state index contributed by atoms with van der Waals surface area (Å²) in [5, 5.41) is 0. The zero-order valence-corrected chi connectivity index (χ0v) is 19.2. The van der Waals surface area contributed by atoms with Gasteiger partial charge in [0.15, 0.2) is 0 Å². The summed E-state index contributed by atoms with van der Waals surface area (Å²) >= 11 is 0. The van der Waals surface area contributed by atoms with Gasteiger partial charge in [0.1, 0.15) is 0 Å². The van der Waals surface area contributed by atoms with E-state index >= 15 is 0 Å². The molecule has 1 aromatic rings. The number of unbranched alkanes of at least 4 members (excludes halogenated alkanes) is 11. The standard InChI is InChI=1S/C25H45N.ClH/c1-4-7-8-9-10-11-12-13-14-15-16-20-23-25(26(5-2)6-3)24-21-18-17-19-22-24;/h17-19,21-22,25H,4-16,20,23H2,1-3H3;1H. The zero-order chi connectivity index (χ0) is 18.9. The van der Waals surface area contributed by atoms with E-state index in [0.29, 0.717) is 6.04 Å². The van der Waals surface area contributed by atoms with Gasteiger partial charge >= 0.3 is 0 Å². The predicted molar refractivity (Wildman–Crippen MR) is 125 cm³/mol. The topological polar surface area (TPSA) is 3.24 Å². The fourth-order valence-corrected chi connectivity index (χ4v) is 4.08. The molecule has 0 spiro atoms. The fourth-order valence-electron chi connectivity index (χ4n) is 4.08. The van der Waals surface area contributed by atoms with Crippen molar-refractivity contribution in [2.75, 3.05) is 13.1 Å². The van der Waals surface area contributed by atoms with Crippen molar-refractivity contribution in [3.8, 4) is 0 Å². The van der Waals surface area contributed by atoms with Crippen LogP contribution in [0.2, 0.25) is 0 Å². The van der Waals surface area contributed by atoms with Crippen LogP contribution in [0.4, 0.5) is 0 Å². The first-order valence-electron chi connectivity index (χ1n) is 11.6. The van der Waals surface area contributed by atoms with E-state index in [-0.39, 0.29) is 12.4 Å². The third kappa shape index (κ3) is 12.5. The minimum absolute atomic E-state index is 0. The summed E-state index contributed by atoms with van der Waals surface area (Å²) in [4.78, 5) is 2.62. The number of halogens is 1. The van der Waals surface area contributed by atoms with Crippen LogP contribution in [0, 0.1) is 0 Å². The van der Waals surface area contributed by atoms with E-state index in [9.17, 15) is 0 Å². The molecule has 0 radical (unpaired) electrons. The summed E-state index contributed by atoms with van der Waals surface area (Å²) in [5.74, 6) is 0. The van der Waals surface area contributed by atoms with Gasteiger partial charge in [0.25, 0.3) is 0 Å². The number of hydrogen-bond acceptors (Lipinski definition) is 1. The van der Waals surface area contributed by atoms with Gasteiger partial charge in [-0.2, -0.15) is 0 Å². The third-order valence-electron chi connectivity index (χ3n) is 5.77. The summed E-state index contributed by atoms with van der Waals surface area (Å²) in [6.07, 6.45) is 18.5. The molecule has 0 aliphatic rings. The summed E-state index contributed by atoms with van der Waals surface area (Å²) in [5.41, 5.74) is 1.50. The fraction of sp³-hybridized carbons (Fsp3) is 0.760. The summed E-state index contributed by atoms with van der Waals surface area (Å²) in [6, 6.07) is 11.7. The van der Waals surface area contributed by atoms with Crippen molar-refractivity contribution in [1.82, 2.24) is 4.90 Å². The van der Waals surface area contributed by atoms with Crippen molar-refractivity contribution in [3.05, 3.63) is 35.9 Å². The molecule has 1 aromatic carbocycles. The SMILES string of the molecule is CCCCCCCCCCCCCCC(c1ccccc1)N(CC)CC.Cl. The minimum atomic E-state index is 0. The molecule has 0 heterocycles. The van der Waals surface area contributed by atoms with Gasteiger partial charge in [-0.1, -0.05) is 128 Å². The molecule has 0 amide bonds. The molecule has 0 aliphatic heterocycles. The van der Waals surface area contributed by atoms with Crippen LogP contribution >= 0.6 is 12.4 Å². The largest absolute Gasteiger partial charge is 0.297 e. The lowest BCUT2D eigenvalue weighted by atomic mass is 9.98. The molecule has 0 saturated heterocycles. The van der Waals surface area contributed by atoms with Gasteiger partial charge in [-0.25, -0.2) is 0 Å². The van der Waals surface area contributed by atoms with Crippen LogP contribution in [0.25, 0.3) is 0 Å². The van der Waals surface area contributed by atoms with E-state index in [4.69, 9.17) is 0 Å². The van der Waals surface area contributed by atoms with Gasteiger partial charge in [0, 0.05) is 6.04 Å². The Morgan fingerprint density at radius 1 is 0.630 bits per heavy atom. The van der Waals surface area contributed by atoms with Gasteiger partial charge in [-0.3, -0.25) is 4.90 Å². The Hall–Kier alpha value is -0.530. The number of benzene rings is 1. The lowest BCUT2D eigenvalue weighted by Gasteiger charge is -2.30. The highest BCUT2D eigenvalue weighted by molar-refractivity contribution is 5.85. The maximum atomic E-state index is 2.62. The van der Waals surface area contributed by atoms with E-state index in [1.807, 2.05) is 0 Å². The molecular formula is C25H46ClN. The summed E-state index contributed by atoms with van der Waals surface area (Å²) in [6.45, 7) is 9.18. The molecule has 0 N–H and O–H groups in total. The molecule has 0 fully saturated rings. The van der Waals surface area contributed by atoms with Crippen molar-refractivity contribution in [2.24, 2.45) is 0 Å². The van der Waals surface area contributed by atoms with Crippen molar-refractivity contribution in [1.29, 1.82) is 0 Å². The molecule has 2 heteroatoms. The highest BCUT2D eigenvalue weighted by atomic mass is 35.5. The monoisotopic (exact) mass is 395 g/mol. The second-order valence-electron chi connectivity index (χ2n) is 7.83.